The molecule has 0 saturated carbocycles. The van der Waals surface area contributed by atoms with Gasteiger partial charge in [0.15, 0.2) is 0 Å². The third-order valence-electron chi connectivity index (χ3n) is 2.45. The Balaban J connectivity index is 1.70. The maximum atomic E-state index is 5.72. The lowest BCUT2D eigenvalue weighted by Gasteiger charge is -2.38. The van der Waals surface area contributed by atoms with E-state index in [4.69, 9.17) is 15.2 Å². The summed E-state index contributed by atoms with van der Waals surface area (Å²) in [6, 6.07) is 0.188. The topological polar surface area (TPSA) is 56.5 Å². The number of hydrogen-bond acceptors (Lipinski definition) is 4. The van der Waals surface area contributed by atoms with Crippen LogP contribution in [0, 0.1) is 0 Å². The minimum absolute atomic E-state index is 0.0908. The van der Waals surface area contributed by atoms with E-state index in [0.717, 1.165) is 32.6 Å². The maximum absolute atomic E-state index is 5.72. The molecule has 4 heteroatoms. The molecular weight excluding hydrogens is 156 g/mol. The molecule has 0 radical (unpaired) electrons. The highest BCUT2D eigenvalue weighted by Gasteiger charge is 2.30. The molecule has 1 unspecified atom stereocenters. The van der Waals surface area contributed by atoms with Crippen LogP contribution in [0.5, 0.6) is 0 Å². The van der Waals surface area contributed by atoms with Gasteiger partial charge in [-0.1, -0.05) is 0 Å². The average Bonchev–Trinajstić information content (AvgIpc) is 2.14. The normalized spacial score (nSPS) is 37.8. The highest BCUT2D eigenvalue weighted by molar-refractivity contribution is 4.85. The fourth-order valence-corrected chi connectivity index (χ4v) is 1.52. The first-order valence-electron chi connectivity index (χ1n) is 4.58. The Morgan fingerprint density at radius 1 is 1.33 bits per heavy atom. The van der Waals surface area contributed by atoms with Crippen LogP contribution in [0.3, 0.4) is 0 Å². The van der Waals surface area contributed by atoms with Crippen molar-refractivity contribution in [3.63, 3.8) is 0 Å². The lowest BCUT2D eigenvalue weighted by Crippen LogP contribution is -2.64. The van der Waals surface area contributed by atoms with Crippen molar-refractivity contribution in [1.29, 1.82) is 0 Å². The van der Waals surface area contributed by atoms with Crippen LogP contribution in [0.4, 0.5) is 0 Å². The van der Waals surface area contributed by atoms with Gasteiger partial charge in [0.25, 0.3) is 0 Å². The third kappa shape index (κ3) is 1.77. The Kier molecular flexibility index (Phi) is 2.60. The second kappa shape index (κ2) is 3.70. The number of nitrogens with one attached hydrogen (secondary N) is 1. The Morgan fingerprint density at radius 2 is 2.08 bits per heavy atom. The van der Waals surface area contributed by atoms with Crippen LogP contribution in [-0.2, 0) is 9.47 Å². The molecule has 0 aliphatic carbocycles. The second-order valence-electron chi connectivity index (χ2n) is 3.44. The molecular formula is C8H16N2O2. The zero-order valence-corrected chi connectivity index (χ0v) is 7.16. The number of ether oxygens (including phenoxy) is 2. The predicted octanol–water partition coefficient (Wildman–Crippen LogP) is -0.561. The van der Waals surface area contributed by atoms with E-state index in [9.17, 15) is 0 Å². The first kappa shape index (κ1) is 8.44. The lowest BCUT2D eigenvalue weighted by atomic mass is 10.1. The van der Waals surface area contributed by atoms with Gasteiger partial charge in [-0.25, -0.2) is 0 Å². The monoisotopic (exact) mass is 172 g/mol. The van der Waals surface area contributed by atoms with Crippen molar-refractivity contribution in [3.8, 4) is 0 Å². The van der Waals surface area contributed by atoms with E-state index in [1.165, 1.54) is 0 Å². The highest BCUT2D eigenvalue weighted by atomic mass is 16.5. The fourth-order valence-electron chi connectivity index (χ4n) is 1.52. The van der Waals surface area contributed by atoms with Crippen LogP contribution in [0.25, 0.3) is 0 Å². The summed E-state index contributed by atoms with van der Waals surface area (Å²) in [6.07, 6.45) is 2.45. The summed E-state index contributed by atoms with van der Waals surface area (Å²) in [4.78, 5) is 0. The van der Waals surface area contributed by atoms with Crippen LogP contribution in [0.1, 0.15) is 12.8 Å². The van der Waals surface area contributed by atoms with E-state index in [0.29, 0.717) is 6.10 Å². The molecule has 2 aliphatic rings. The first-order valence-corrected chi connectivity index (χ1v) is 4.58. The molecule has 0 spiro atoms. The Hall–Kier alpha value is -0.160. The standard InChI is InChI=1S/C8H16N2O2/c9-7-5-10-8(7)12-6-1-3-11-4-2-6/h6-8,10H,1-5,9H2/t7-,8?/m1/s1. The predicted molar refractivity (Wildman–Crippen MR) is 44.7 cm³/mol. The summed E-state index contributed by atoms with van der Waals surface area (Å²) in [7, 11) is 0. The first-order chi connectivity index (χ1) is 5.86. The van der Waals surface area contributed by atoms with E-state index in [1.54, 1.807) is 0 Å². The zero-order chi connectivity index (χ0) is 8.39. The van der Waals surface area contributed by atoms with E-state index in [1.807, 2.05) is 0 Å². The van der Waals surface area contributed by atoms with E-state index >= 15 is 0 Å². The summed E-state index contributed by atoms with van der Waals surface area (Å²) in [5.41, 5.74) is 5.72. The highest BCUT2D eigenvalue weighted by Crippen LogP contribution is 2.15. The fraction of sp³-hybridized carbons (Fsp3) is 1.00. The molecule has 2 saturated heterocycles. The molecule has 70 valence electrons. The molecule has 0 aromatic carbocycles. The van der Waals surface area contributed by atoms with Gasteiger partial charge in [0.05, 0.1) is 12.1 Å². The third-order valence-corrected chi connectivity index (χ3v) is 2.45. The molecule has 2 fully saturated rings. The number of hydrogen-bond donors (Lipinski definition) is 2. The van der Waals surface area contributed by atoms with Gasteiger partial charge in [-0.3, -0.25) is 5.32 Å². The van der Waals surface area contributed by atoms with Crippen molar-refractivity contribution in [2.45, 2.75) is 31.2 Å². The second-order valence-corrected chi connectivity index (χ2v) is 3.44. The maximum Gasteiger partial charge on any atom is 0.125 e. The molecule has 0 aromatic rings. The Bertz CT molecular complexity index is 148. The summed E-state index contributed by atoms with van der Waals surface area (Å²) in [5.74, 6) is 0. The number of rotatable bonds is 2. The minimum Gasteiger partial charge on any atom is -0.381 e. The molecule has 2 atom stereocenters. The summed E-state index contributed by atoms with van der Waals surface area (Å²) in [6.45, 7) is 2.53. The van der Waals surface area contributed by atoms with Crippen LogP contribution >= 0.6 is 0 Å². The molecule has 2 heterocycles. The van der Waals surface area contributed by atoms with Gasteiger partial charge in [-0.2, -0.15) is 0 Å². The van der Waals surface area contributed by atoms with E-state index in [2.05, 4.69) is 5.32 Å². The Morgan fingerprint density at radius 3 is 2.58 bits per heavy atom. The van der Waals surface area contributed by atoms with Crippen LogP contribution in [-0.4, -0.2) is 38.1 Å². The SMILES string of the molecule is N[C@@H]1CNC1OC1CCOCC1. The molecule has 2 aliphatic heterocycles. The van der Waals surface area contributed by atoms with E-state index in [-0.39, 0.29) is 12.3 Å². The molecule has 3 N–H and O–H groups in total. The summed E-state index contributed by atoms with van der Waals surface area (Å²) >= 11 is 0. The zero-order valence-electron chi connectivity index (χ0n) is 7.16. The van der Waals surface area contributed by atoms with Gasteiger partial charge in [0.2, 0.25) is 0 Å². The quantitative estimate of drug-likeness (QED) is 0.586. The molecule has 2 rings (SSSR count). The molecule has 0 amide bonds. The van der Waals surface area contributed by atoms with Crippen molar-refractivity contribution in [2.75, 3.05) is 19.8 Å². The molecule has 12 heavy (non-hydrogen) atoms. The number of nitrogens with two attached hydrogens (primary N) is 1. The van der Waals surface area contributed by atoms with Crippen LogP contribution in [0.2, 0.25) is 0 Å². The van der Waals surface area contributed by atoms with Gasteiger partial charge >= 0.3 is 0 Å². The largest absolute Gasteiger partial charge is 0.381 e. The molecule has 0 aromatic heterocycles. The van der Waals surface area contributed by atoms with Crippen LogP contribution in [0.15, 0.2) is 0 Å². The molecule has 0 bridgehead atoms. The van der Waals surface area contributed by atoms with Crippen molar-refractivity contribution in [1.82, 2.24) is 5.32 Å². The Labute approximate surface area is 72.4 Å². The van der Waals surface area contributed by atoms with Gasteiger partial charge in [-0.15, -0.1) is 0 Å². The van der Waals surface area contributed by atoms with Gasteiger partial charge in [0.1, 0.15) is 6.23 Å². The van der Waals surface area contributed by atoms with Gasteiger partial charge in [-0.05, 0) is 12.8 Å². The smallest absolute Gasteiger partial charge is 0.125 e. The van der Waals surface area contributed by atoms with E-state index < -0.39 is 0 Å². The van der Waals surface area contributed by atoms with Crippen molar-refractivity contribution >= 4 is 0 Å². The summed E-state index contributed by atoms with van der Waals surface area (Å²) < 4.78 is 11.0. The van der Waals surface area contributed by atoms with Gasteiger partial charge in [0, 0.05) is 19.8 Å². The lowest BCUT2D eigenvalue weighted by molar-refractivity contribution is -0.110. The van der Waals surface area contributed by atoms with Crippen molar-refractivity contribution in [3.05, 3.63) is 0 Å². The van der Waals surface area contributed by atoms with Crippen molar-refractivity contribution < 1.29 is 9.47 Å². The van der Waals surface area contributed by atoms with Crippen molar-refractivity contribution in [2.24, 2.45) is 5.73 Å². The minimum atomic E-state index is 0.0908. The van der Waals surface area contributed by atoms with Gasteiger partial charge < -0.3 is 15.2 Å². The van der Waals surface area contributed by atoms with Crippen LogP contribution < -0.4 is 11.1 Å². The average molecular weight is 172 g/mol. The molecule has 4 nitrogen and oxygen atoms in total. The summed E-state index contributed by atoms with van der Waals surface area (Å²) in [5, 5.41) is 3.15.